The van der Waals surface area contributed by atoms with Crippen LogP contribution in [0, 0.1) is 5.92 Å². The van der Waals surface area contributed by atoms with Crippen molar-refractivity contribution >= 4 is 23.2 Å². The summed E-state index contributed by atoms with van der Waals surface area (Å²) in [5.74, 6) is 0.794. The fraction of sp³-hybridized carbons (Fsp3) is 0.316. The van der Waals surface area contributed by atoms with Gasteiger partial charge < -0.3 is 15.4 Å². The lowest BCUT2D eigenvalue weighted by atomic mass is 9.97. The van der Waals surface area contributed by atoms with Gasteiger partial charge in [-0.3, -0.25) is 4.79 Å². The predicted molar refractivity (Wildman–Crippen MR) is 96.4 cm³/mol. The van der Waals surface area contributed by atoms with Crippen molar-refractivity contribution in [3.05, 3.63) is 59.1 Å². The first-order chi connectivity index (χ1) is 11.7. The van der Waals surface area contributed by atoms with Crippen molar-refractivity contribution in [3.63, 3.8) is 0 Å². The third-order valence-electron chi connectivity index (χ3n) is 4.14. The summed E-state index contributed by atoms with van der Waals surface area (Å²) in [6.45, 7) is 2.19. The van der Waals surface area contributed by atoms with E-state index in [1.165, 1.54) is 0 Å². The molecule has 0 aromatic heterocycles. The van der Waals surface area contributed by atoms with E-state index in [9.17, 15) is 4.79 Å². The van der Waals surface area contributed by atoms with Gasteiger partial charge >= 0.3 is 0 Å². The van der Waals surface area contributed by atoms with Crippen LogP contribution in [0.3, 0.4) is 0 Å². The van der Waals surface area contributed by atoms with Crippen molar-refractivity contribution in [1.82, 2.24) is 5.32 Å². The van der Waals surface area contributed by atoms with Crippen molar-refractivity contribution in [3.8, 4) is 5.75 Å². The molecule has 0 radical (unpaired) electrons. The Morgan fingerprint density at radius 2 is 1.96 bits per heavy atom. The second kappa shape index (κ2) is 8.18. The summed E-state index contributed by atoms with van der Waals surface area (Å²) in [6, 6.07) is 15.1. The lowest BCUT2D eigenvalue weighted by Gasteiger charge is -2.22. The van der Waals surface area contributed by atoms with Gasteiger partial charge in [0.15, 0.2) is 0 Å². The van der Waals surface area contributed by atoms with E-state index >= 15 is 0 Å². The van der Waals surface area contributed by atoms with Crippen LogP contribution in [0.4, 0.5) is 5.69 Å². The number of piperidine rings is 1. The third kappa shape index (κ3) is 4.49. The molecule has 0 saturated carbocycles. The van der Waals surface area contributed by atoms with Gasteiger partial charge in [0, 0.05) is 10.9 Å². The topological polar surface area (TPSA) is 50.4 Å². The third-order valence-corrected chi connectivity index (χ3v) is 4.37. The minimum Gasteiger partial charge on any atom is -0.487 e. The van der Waals surface area contributed by atoms with Crippen molar-refractivity contribution < 1.29 is 9.53 Å². The molecule has 0 unspecified atom stereocenters. The highest BCUT2D eigenvalue weighted by atomic mass is 35.5. The maximum Gasteiger partial charge on any atom is 0.227 e. The van der Waals surface area contributed by atoms with Crippen LogP contribution < -0.4 is 15.4 Å². The number of rotatable bonds is 5. The number of halogens is 1. The van der Waals surface area contributed by atoms with E-state index in [1.807, 2.05) is 48.5 Å². The van der Waals surface area contributed by atoms with Gasteiger partial charge in [0.05, 0.1) is 5.69 Å². The maximum absolute atomic E-state index is 12.4. The Morgan fingerprint density at radius 3 is 2.75 bits per heavy atom. The number of carbonyl (C=O) groups is 1. The standard InChI is InChI=1S/C19H21ClN2O2/c20-16-5-3-4-14(12-16)13-24-18-7-2-1-6-17(18)22-19(23)15-8-10-21-11-9-15/h1-7,12,15,21H,8-11,13H2,(H,22,23). The van der Waals surface area contributed by atoms with E-state index in [0.717, 1.165) is 31.5 Å². The summed E-state index contributed by atoms with van der Waals surface area (Å²) in [6.07, 6.45) is 1.74. The smallest absolute Gasteiger partial charge is 0.227 e. The predicted octanol–water partition coefficient (Wildman–Crippen LogP) is 3.86. The Morgan fingerprint density at radius 1 is 1.17 bits per heavy atom. The van der Waals surface area contributed by atoms with Crippen molar-refractivity contribution in [2.24, 2.45) is 5.92 Å². The average molecular weight is 345 g/mol. The molecule has 1 saturated heterocycles. The Labute approximate surface area is 147 Å². The molecule has 1 fully saturated rings. The number of para-hydroxylation sites is 2. The van der Waals surface area contributed by atoms with Crippen molar-refractivity contribution in [2.45, 2.75) is 19.4 Å². The van der Waals surface area contributed by atoms with Crippen molar-refractivity contribution in [2.75, 3.05) is 18.4 Å². The maximum atomic E-state index is 12.4. The van der Waals surface area contributed by atoms with Gasteiger partial charge in [-0.2, -0.15) is 0 Å². The molecule has 1 amide bonds. The summed E-state index contributed by atoms with van der Waals surface area (Å²) in [5.41, 5.74) is 1.70. The zero-order chi connectivity index (χ0) is 16.8. The minimum absolute atomic E-state index is 0.0623. The highest BCUT2D eigenvalue weighted by Crippen LogP contribution is 2.26. The molecule has 4 nitrogen and oxygen atoms in total. The van der Waals surface area contributed by atoms with Crippen LogP contribution in [0.25, 0.3) is 0 Å². The van der Waals surface area contributed by atoms with E-state index in [0.29, 0.717) is 23.1 Å². The molecule has 0 bridgehead atoms. The van der Waals surface area contributed by atoms with Crippen LogP contribution in [0.1, 0.15) is 18.4 Å². The van der Waals surface area contributed by atoms with Gasteiger partial charge in [0.25, 0.3) is 0 Å². The van der Waals surface area contributed by atoms with Gasteiger partial charge in [-0.25, -0.2) is 0 Å². The number of hydrogen-bond acceptors (Lipinski definition) is 3. The van der Waals surface area contributed by atoms with Crippen LogP contribution in [0.5, 0.6) is 5.75 Å². The molecule has 5 heteroatoms. The number of nitrogens with one attached hydrogen (secondary N) is 2. The number of ether oxygens (including phenoxy) is 1. The molecular weight excluding hydrogens is 324 g/mol. The Balaban J connectivity index is 1.65. The van der Waals surface area contributed by atoms with E-state index in [2.05, 4.69) is 10.6 Å². The first kappa shape index (κ1) is 16.8. The van der Waals surface area contributed by atoms with Gasteiger partial charge in [0.2, 0.25) is 5.91 Å². The molecule has 2 N–H and O–H groups in total. The summed E-state index contributed by atoms with van der Waals surface area (Å²) < 4.78 is 5.88. The molecule has 2 aromatic carbocycles. The van der Waals surface area contributed by atoms with Gasteiger partial charge in [-0.15, -0.1) is 0 Å². The average Bonchev–Trinajstić information content (AvgIpc) is 2.62. The Hall–Kier alpha value is -2.04. The highest BCUT2D eigenvalue weighted by Gasteiger charge is 2.21. The fourth-order valence-electron chi connectivity index (χ4n) is 2.80. The fourth-order valence-corrected chi connectivity index (χ4v) is 3.02. The van der Waals surface area contributed by atoms with Crippen LogP contribution in [0.2, 0.25) is 5.02 Å². The normalized spacial score (nSPS) is 15.0. The summed E-state index contributed by atoms with van der Waals surface area (Å²) in [7, 11) is 0. The molecule has 2 aromatic rings. The molecule has 24 heavy (non-hydrogen) atoms. The van der Waals surface area contributed by atoms with E-state index < -0.39 is 0 Å². The first-order valence-electron chi connectivity index (χ1n) is 8.20. The zero-order valence-electron chi connectivity index (χ0n) is 13.4. The Kier molecular flexibility index (Phi) is 5.72. The quantitative estimate of drug-likeness (QED) is 0.866. The molecular formula is C19H21ClN2O2. The van der Waals surface area contributed by atoms with E-state index in [4.69, 9.17) is 16.3 Å². The molecule has 3 rings (SSSR count). The summed E-state index contributed by atoms with van der Waals surface area (Å²) in [5, 5.41) is 6.97. The highest BCUT2D eigenvalue weighted by molar-refractivity contribution is 6.30. The molecule has 0 aliphatic carbocycles. The molecule has 126 valence electrons. The van der Waals surface area contributed by atoms with Crippen molar-refractivity contribution in [1.29, 1.82) is 0 Å². The zero-order valence-corrected chi connectivity index (χ0v) is 14.2. The molecule has 0 spiro atoms. The number of benzene rings is 2. The number of hydrogen-bond donors (Lipinski definition) is 2. The van der Waals surface area contributed by atoms with E-state index in [-0.39, 0.29) is 11.8 Å². The van der Waals surface area contributed by atoms with Crippen LogP contribution in [-0.4, -0.2) is 19.0 Å². The monoisotopic (exact) mass is 344 g/mol. The van der Waals surface area contributed by atoms with Crippen LogP contribution >= 0.6 is 11.6 Å². The van der Waals surface area contributed by atoms with Gasteiger partial charge in [-0.05, 0) is 55.8 Å². The SMILES string of the molecule is O=C(Nc1ccccc1OCc1cccc(Cl)c1)C1CCNCC1. The molecule has 1 aliphatic heterocycles. The molecule has 1 heterocycles. The molecule has 1 aliphatic rings. The lowest BCUT2D eigenvalue weighted by Crippen LogP contribution is -2.34. The largest absolute Gasteiger partial charge is 0.487 e. The molecule has 0 atom stereocenters. The summed E-state index contributed by atoms with van der Waals surface area (Å²) >= 11 is 6.00. The second-order valence-corrected chi connectivity index (χ2v) is 6.36. The lowest BCUT2D eigenvalue weighted by molar-refractivity contribution is -0.120. The number of amides is 1. The van der Waals surface area contributed by atoms with Gasteiger partial charge in [0.1, 0.15) is 12.4 Å². The Bertz CT molecular complexity index is 699. The van der Waals surface area contributed by atoms with Crippen LogP contribution in [-0.2, 0) is 11.4 Å². The second-order valence-electron chi connectivity index (χ2n) is 5.93. The number of carbonyl (C=O) groups excluding carboxylic acids is 1. The van der Waals surface area contributed by atoms with Crippen LogP contribution in [0.15, 0.2) is 48.5 Å². The minimum atomic E-state index is 0.0623. The summed E-state index contributed by atoms with van der Waals surface area (Å²) in [4.78, 5) is 12.4. The number of anilines is 1. The van der Waals surface area contributed by atoms with E-state index in [1.54, 1.807) is 0 Å². The first-order valence-corrected chi connectivity index (χ1v) is 8.58. The van der Waals surface area contributed by atoms with Gasteiger partial charge in [-0.1, -0.05) is 35.9 Å².